The summed E-state index contributed by atoms with van der Waals surface area (Å²) in [6, 6.07) is 2.85. The van der Waals surface area contributed by atoms with Crippen LogP contribution in [-0.2, 0) is 15.9 Å². The third kappa shape index (κ3) is 2.94. The summed E-state index contributed by atoms with van der Waals surface area (Å²) in [6.07, 6.45) is 6.41. The Morgan fingerprint density at radius 2 is 1.91 bits per heavy atom. The molecule has 22 heavy (non-hydrogen) atoms. The van der Waals surface area contributed by atoms with E-state index in [9.17, 15) is 0 Å². The van der Waals surface area contributed by atoms with Crippen LogP contribution in [0.3, 0.4) is 0 Å². The first kappa shape index (κ1) is 16.0. The van der Waals surface area contributed by atoms with Gasteiger partial charge in [0.05, 0.1) is 11.2 Å². The fraction of sp³-hybridized carbons (Fsp3) is 0.706. The van der Waals surface area contributed by atoms with E-state index in [1.165, 1.54) is 24.9 Å². The van der Waals surface area contributed by atoms with Crippen LogP contribution in [0, 0.1) is 0 Å². The molecule has 2 saturated heterocycles. The Kier molecular flexibility index (Phi) is 4.08. The molecule has 5 heteroatoms. The lowest BCUT2D eigenvalue weighted by atomic mass is 9.80. The van der Waals surface area contributed by atoms with E-state index < -0.39 is 0 Å². The summed E-state index contributed by atoms with van der Waals surface area (Å²) < 4.78 is 12.2. The average molecular weight is 302 g/mol. The predicted octanol–water partition coefficient (Wildman–Crippen LogP) is 2.37. The fourth-order valence-electron chi connectivity index (χ4n) is 3.16. The number of pyridine rings is 1. The molecule has 2 fully saturated rings. The van der Waals surface area contributed by atoms with Gasteiger partial charge in [0.2, 0.25) is 0 Å². The van der Waals surface area contributed by atoms with E-state index in [1.807, 2.05) is 12.4 Å². The van der Waals surface area contributed by atoms with Crippen molar-refractivity contribution in [3.8, 4) is 0 Å². The van der Waals surface area contributed by atoms with E-state index in [4.69, 9.17) is 9.31 Å². The van der Waals surface area contributed by atoms with Crippen LogP contribution >= 0.6 is 0 Å². The zero-order valence-electron chi connectivity index (χ0n) is 14.4. The highest BCUT2D eigenvalue weighted by Crippen LogP contribution is 2.36. The van der Waals surface area contributed by atoms with E-state index in [-0.39, 0.29) is 18.3 Å². The van der Waals surface area contributed by atoms with E-state index in [2.05, 4.69) is 50.6 Å². The van der Waals surface area contributed by atoms with Crippen molar-refractivity contribution in [3.05, 3.63) is 24.0 Å². The molecule has 0 unspecified atom stereocenters. The summed E-state index contributed by atoms with van der Waals surface area (Å²) >= 11 is 0. The maximum absolute atomic E-state index is 6.12. The molecule has 1 aromatic rings. The molecule has 0 bridgehead atoms. The molecule has 1 atom stereocenters. The van der Waals surface area contributed by atoms with Gasteiger partial charge in [-0.2, -0.15) is 0 Å². The average Bonchev–Trinajstić information content (AvgIpc) is 2.92. The Labute approximate surface area is 134 Å². The van der Waals surface area contributed by atoms with E-state index in [0.29, 0.717) is 6.04 Å². The number of aromatic nitrogens is 1. The molecule has 1 aromatic heterocycles. The van der Waals surface area contributed by atoms with Crippen LogP contribution in [0.2, 0.25) is 0 Å². The van der Waals surface area contributed by atoms with Crippen LogP contribution in [0.5, 0.6) is 0 Å². The summed E-state index contributed by atoms with van der Waals surface area (Å²) in [4.78, 5) is 6.92. The Balaban J connectivity index is 1.75. The molecule has 0 saturated carbocycles. The first-order valence-electron chi connectivity index (χ1n) is 8.32. The Bertz CT molecular complexity index is 531. The highest BCUT2D eigenvalue weighted by molar-refractivity contribution is 6.62. The Hall–Kier alpha value is -0.905. The van der Waals surface area contributed by atoms with Gasteiger partial charge >= 0.3 is 7.12 Å². The van der Waals surface area contributed by atoms with Crippen molar-refractivity contribution in [1.29, 1.82) is 0 Å². The van der Waals surface area contributed by atoms with Gasteiger partial charge in [-0.05, 0) is 59.6 Å². The number of hydrogen-bond donors (Lipinski definition) is 0. The highest BCUT2D eigenvalue weighted by Gasteiger charge is 2.51. The monoisotopic (exact) mass is 302 g/mol. The minimum atomic E-state index is -0.326. The predicted molar refractivity (Wildman–Crippen MR) is 89.1 cm³/mol. The van der Waals surface area contributed by atoms with Gasteiger partial charge in [-0.25, -0.2) is 0 Å². The quantitative estimate of drug-likeness (QED) is 0.803. The molecule has 2 aliphatic rings. The van der Waals surface area contributed by atoms with Gasteiger partial charge < -0.3 is 9.31 Å². The van der Waals surface area contributed by atoms with Gasteiger partial charge in [-0.15, -0.1) is 0 Å². The van der Waals surface area contributed by atoms with Crippen LogP contribution in [0.1, 0.15) is 53.0 Å². The van der Waals surface area contributed by atoms with Crippen molar-refractivity contribution in [2.45, 2.75) is 71.2 Å². The number of rotatable bonds is 3. The lowest BCUT2D eigenvalue weighted by Crippen LogP contribution is -2.41. The fourth-order valence-corrected chi connectivity index (χ4v) is 3.16. The smallest absolute Gasteiger partial charge is 0.399 e. The molecule has 0 aliphatic carbocycles. The van der Waals surface area contributed by atoms with Crippen molar-refractivity contribution in [3.63, 3.8) is 0 Å². The molecule has 3 rings (SSSR count). The minimum absolute atomic E-state index is 0.308. The van der Waals surface area contributed by atoms with Gasteiger partial charge in [0, 0.05) is 30.4 Å². The van der Waals surface area contributed by atoms with Crippen molar-refractivity contribution in [2.75, 3.05) is 6.54 Å². The molecule has 0 aromatic carbocycles. The minimum Gasteiger partial charge on any atom is -0.399 e. The molecular weight excluding hydrogens is 275 g/mol. The van der Waals surface area contributed by atoms with Crippen LogP contribution < -0.4 is 5.46 Å². The lowest BCUT2D eigenvalue weighted by molar-refractivity contribution is 0.00578. The lowest BCUT2D eigenvalue weighted by Gasteiger charge is -2.32. The molecule has 2 aliphatic heterocycles. The summed E-state index contributed by atoms with van der Waals surface area (Å²) in [7, 11) is -0.326. The van der Waals surface area contributed by atoms with Gasteiger partial charge in [0.1, 0.15) is 0 Å². The Morgan fingerprint density at radius 3 is 2.50 bits per heavy atom. The first-order chi connectivity index (χ1) is 10.3. The van der Waals surface area contributed by atoms with Crippen LogP contribution in [0.4, 0.5) is 0 Å². The topological polar surface area (TPSA) is 34.6 Å². The second kappa shape index (κ2) is 5.62. The normalized spacial score (nSPS) is 27.5. The number of likely N-dealkylation sites (tertiary alicyclic amines) is 1. The molecule has 0 N–H and O–H groups in total. The zero-order chi connectivity index (χ0) is 16.0. The standard InChI is InChI=1S/C17H27BN2O2/c1-13-7-6-8-20(13)12-14-9-15(11-19-10-14)18-21-16(2,3)17(4,5)22-18/h9-11,13H,6-8,12H2,1-5H3/t13-/m0/s1. The van der Waals surface area contributed by atoms with Gasteiger partial charge in [0.15, 0.2) is 0 Å². The summed E-state index contributed by atoms with van der Waals surface area (Å²) in [5.74, 6) is 0. The van der Waals surface area contributed by atoms with E-state index in [0.717, 1.165) is 12.0 Å². The third-order valence-electron chi connectivity index (χ3n) is 5.42. The van der Waals surface area contributed by atoms with Gasteiger partial charge in [-0.1, -0.05) is 6.07 Å². The molecule has 0 spiro atoms. The summed E-state index contributed by atoms with van der Waals surface area (Å²) in [5.41, 5.74) is 1.64. The molecule has 0 amide bonds. The molecular formula is C17H27BN2O2. The van der Waals surface area contributed by atoms with Crippen LogP contribution in [0.25, 0.3) is 0 Å². The number of hydrogen-bond acceptors (Lipinski definition) is 4. The number of nitrogens with zero attached hydrogens (tertiary/aromatic N) is 2. The maximum atomic E-state index is 6.12. The molecule has 0 radical (unpaired) electrons. The van der Waals surface area contributed by atoms with Crippen molar-refractivity contribution < 1.29 is 9.31 Å². The highest BCUT2D eigenvalue weighted by atomic mass is 16.7. The summed E-state index contributed by atoms with van der Waals surface area (Å²) in [6.45, 7) is 12.8. The van der Waals surface area contributed by atoms with Gasteiger partial charge in [0.25, 0.3) is 0 Å². The van der Waals surface area contributed by atoms with Crippen molar-refractivity contribution >= 4 is 12.6 Å². The largest absolute Gasteiger partial charge is 0.496 e. The first-order valence-corrected chi connectivity index (χ1v) is 8.32. The molecule has 120 valence electrons. The molecule has 3 heterocycles. The summed E-state index contributed by atoms with van der Waals surface area (Å²) in [5, 5.41) is 0. The van der Waals surface area contributed by atoms with E-state index in [1.54, 1.807) is 0 Å². The zero-order valence-corrected chi connectivity index (χ0v) is 14.4. The SMILES string of the molecule is C[C@H]1CCCN1Cc1cncc(B2OC(C)(C)C(C)(C)O2)c1. The van der Waals surface area contributed by atoms with Crippen LogP contribution in [0.15, 0.2) is 18.5 Å². The second-order valence-electron chi connectivity index (χ2n) is 7.68. The third-order valence-corrected chi connectivity index (χ3v) is 5.42. The maximum Gasteiger partial charge on any atom is 0.496 e. The van der Waals surface area contributed by atoms with E-state index >= 15 is 0 Å². The van der Waals surface area contributed by atoms with Crippen molar-refractivity contribution in [2.24, 2.45) is 0 Å². The van der Waals surface area contributed by atoms with Crippen LogP contribution in [-0.4, -0.2) is 40.8 Å². The second-order valence-corrected chi connectivity index (χ2v) is 7.68. The van der Waals surface area contributed by atoms with Gasteiger partial charge in [-0.3, -0.25) is 9.88 Å². The Morgan fingerprint density at radius 1 is 1.23 bits per heavy atom. The molecule has 4 nitrogen and oxygen atoms in total. The van der Waals surface area contributed by atoms with Crippen molar-refractivity contribution in [1.82, 2.24) is 9.88 Å².